The minimum atomic E-state index is -0.404. The molecule has 0 saturated heterocycles. The highest BCUT2D eigenvalue weighted by atomic mass is 16.5. The van der Waals surface area contributed by atoms with Crippen LogP contribution in [0.3, 0.4) is 0 Å². The number of para-hydroxylation sites is 1. The fraction of sp³-hybridized carbons (Fsp3) is 0.263. The summed E-state index contributed by atoms with van der Waals surface area (Å²) in [5.74, 6) is 0.582. The van der Waals surface area contributed by atoms with Crippen molar-refractivity contribution < 1.29 is 28.5 Å². The smallest absolute Gasteiger partial charge is 0.338 e. The normalized spacial score (nSPS) is 9.96. The van der Waals surface area contributed by atoms with E-state index in [0.717, 1.165) is 0 Å². The van der Waals surface area contributed by atoms with Gasteiger partial charge >= 0.3 is 5.97 Å². The second-order valence-corrected chi connectivity index (χ2v) is 5.13. The maximum atomic E-state index is 12.1. The number of benzene rings is 2. The molecule has 7 heteroatoms. The predicted octanol–water partition coefficient (Wildman–Crippen LogP) is 2.90. The molecule has 7 nitrogen and oxygen atoms in total. The third kappa shape index (κ3) is 4.89. The molecular weight excluding hydrogens is 338 g/mol. The Bertz CT molecular complexity index is 757. The van der Waals surface area contributed by atoms with E-state index in [1.807, 2.05) is 0 Å². The van der Waals surface area contributed by atoms with Crippen LogP contribution in [0.2, 0.25) is 0 Å². The molecule has 138 valence electrons. The fourth-order valence-corrected chi connectivity index (χ4v) is 2.22. The molecule has 0 heterocycles. The van der Waals surface area contributed by atoms with Crippen LogP contribution in [0.1, 0.15) is 17.3 Å². The third-order valence-electron chi connectivity index (χ3n) is 3.41. The Morgan fingerprint density at radius 2 is 1.65 bits per heavy atom. The molecule has 0 aliphatic heterocycles. The van der Waals surface area contributed by atoms with Crippen LogP contribution < -0.4 is 19.5 Å². The van der Waals surface area contributed by atoms with Gasteiger partial charge in [0, 0.05) is 5.69 Å². The minimum absolute atomic E-state index is 0.205. The summed E-state index contributed by atoms with van der Waals surface area (Å²) in [4.78, 5) is 23.7. The van der Waals surface area contributed by atoms with Gasteiger partial charge in [-0.05, 0) is 43.3 Å². The maximum Gasteiger partial charge on any atom is 0.338 e. The molecule has 2 aromatic carbocycles. The van der Waals surface area contributed by atoms with Crippen LogP contribution in [0.4, 0.5) is 5.69 Å². The molecule has 0 unspecified atom stereocenters. The summed E-state index contributed by atoms with van der Waals surface area (Å²) in [7, 11) is 3.02. The van der Waals surface area contributed by atoms with Gasteiger partial charge in [-0.1, -0.05) is 6.07 Å². The van der Waals surface area contributed by atoms with E-state index in [1.54, 1.807) is 49.4 Å². The number of anilines is 1. The van der Waals surface area contributed by atoms with Crippen molar-refractivity contribution >= 4 is 17.6 Å². The van der Waals surface area contributed by atoms with Gasteiger partial charge in [-0.15, -0.1) is 0 Å². The summed E-state index contributed by atoms with van der Waals surface area (Å²) in [6.07, 6.45) is 0. The molecule has 0 aliphatic carbocycles. The van der Waals surface area contributed by atoms with Crippen LogP contribution in [-0.4, -0.2) is 39.3 Å². The average Bonchev–Trinajstić information content (AvgIpc) is 2.66. The molecule has 0 fully saturated rings. The number of carbonyl (C=O) groups is 2. The van der Waals surface area contributed by atoms with Crippen molar-refractivity contribution in [2.24, 2.45) is 0 Å². The lowest BCUT2D eigenvalue weighted by Gasteiger charge is -2.13. The number of esters is 1. The Morgan fingerprint density at radius 1 is 0.962 bits per heavy atom. The van der Waals surface area contributed by atoms with Gasteiger partial charge in [-0.2, -0.15) is 0 Å². The molecule has 2 aromatic rings. The topological polar surface area (TPSA) is 83.1 Å². The second-order valence-electron chi connectivity index (χ2n) is 5.13. The maximum absolute atomic E-state index is 12.1. The molecule has 1 N–H and O–H groups in total. The van der Waals surface area contributed by atoms with E-state index in [2.05, 4.69) is 5.32 Å². The van der Waals surface area contributed by atoms with Gasteiger partial charge < -0.3 is 24.3 Å². The van der Waals surface area contributed by atoms with E-state index in [0.29, 0.717) is 35.1 Å². The molecule has 0 radical (unpaired) electrons. The number of carbonyl (C=O) groups excluding carboxylic acids is 2. The molecule has 0 spiro atoms. The first-order chi connectivity index (χ1) is 12.6. The van der Waals surface area contributed by atoms with Gasteiger partial charge in [0.1, 0.15) is 0 Å². The standard InChI is InChI=1S/C19H21NO6/c1-4-25-19(22)13-8-10-14(11-9-13)20-17(21)12-26-16-7-5-6-15(23-2)18(16)24-3/h5-11H,4,12H2,1-3H3,(H,20,21). The highest BCUT2D eigenvalue weighted by Gasteiger charge is 2.13. The van der Waals surface area contributed by atoms with Gasteiger partial charge in [-0.25, -0.2) is 4.79 Å². The van der Waals surface area contributed by atoms with Crippen molar-refractivity contribution in [3.8, 4) is 17.2 Å². The Hall–Kier alpha value is -3.22. The Balaban J connectivity index is 1.94. The lowest BCUT2D eigenvalue weighted by molar-refractivity contribution is -0.118. The Morgan fingerprint density at radius 3 is 2.27 bits per heavy atom. The number of ether oxygens (including phenoxy) is 4. The van der Waals surface area contributed by atoms with Gasteiger partial charge in [-0.3, -0.25) is 4.79 Å². The van der Waals surface area contributed by atoms with Crippen LogP contribution in [0.25, 0.3) is 0 Å². The van der Waals surface area contributed by atoms with E-state index >= 15 is 0 Å². The second kappa shape index (κ2) is 9.31. The third-order valence-corrected chi connectivity index (χ3v) is 3.41. The number of methoxy groups -OCH3 is 2. The number of hydrogen-bond donors (Lipinski definition) is 1. The molecular formula is C19H21NO6. The first-order valence-corrected chi connectivity index (χ1v) is 7.99. The molecule has 0 aliphatic rings. The summed E-state index contributed by atoms with van der Waals surface area (Å²) < 4.78 is 20.8. The Kier molecular flexibility index (Phi) is 6.84. The van der Waals surface area contributed by atoms with E-state index < -0.39 is 5.97 Å². The quantitative estimate of drug-likeness (QED) is 0.730. The summed E-state index contributed by atoms with van der Waals surface area (Å²) in [6.45, 7) is 1.84. The Labute approximate surface area is 151 Å². The van der Waals surface area contributed by atoms with Crippen molar-refractivity contribution in [2.45, 2.75) is 6.92 Å². The lowest BCUT2D eigenvalue weighted by Crippen LogP contribution is -2.20. The van der Waals surface area contributed by atoms with Crippen LogP contribution >= 0.6 is 0 Å². The van der Waals surface area contributed by atoms with Crippen LogP contribution in [-0.2, 0) is 9.53 Å². The number of amides is 1. The summed E-state index contributed by atoms with van der Waals surface area (Å²) in [5.41, 5.74) is 0.964. The van der Waals surface area contributed by atoms with Crippen LogP contribution in [0.5, 0.6) is 17.2 Å². The molecule has 1 amide bonds. The average molecular weight is 359 g/mol. The summed E-state index contributed by atoms with van der Waals surface area (Å²) in [6, 6.07) is 11.6. The summed E-state index contributed by atoms with van der Waals surface area (Å²) in [5, 5.41) is 2.69. The van der Waals surface area contributed by atoms with Gasteiger partial charge in [0.25, 0.3) is 5.91 Å². The van der Waals surface area contributed by atoms with Gasteiger partial charge in [0.2, 0.25) is 5.75 Å². The lowest BCUT2D eigenvalue weighted by atomic mass is 10.2. The number of hydrogen-bond acceptors (Lipinski definition) is 6. The molecule has 2 rings (SSSR count). The molecule has 0 bridgehead atoms. The number of rotatable bonds is 8. The SMILES string of the molecule is CCOC(=O)c1ccc(NC(=O)COc2cccc(OC)c2OC)cc1. The van der Waals surface area contributed by atoms with Crippen LogP contribution in [0.15, 0.2) is 42.5 Å². The zero-order valence-corrected chi connectivity index (χ0v) is 14.9. The first kappa shape index (κ1) is 19.1. The fourth-order valence-electron chi connectivity index (χ4n) is 2.22. The minimum Gasteiger partial charge on any atom is -0.493 e. The highest BCUT2D eigenvalue weighted by molar-refractivity contribution is 5.93. The zero-order chi connectivity index (χ0) is 18.9. The van der Waals surface area contributed by atoms with Gasteiger partial charge in [0.05, 0.1) is 26.4 Å². The first-order valence-electron chi connectivity index (χ1n) is 7.99. The van der Waals surface area contributed by atoms with E-state index in [9.17, 15) is 9.59 Å². The van der Waals surface area contributed by atoms with E-state index in [1.165, 1.54) is 14.2 Å². The zero-order valence-electron chi connectivity index (χ0n) is 14.9. The molecule has 0 aromatic heterocycles. The predicted molar refractivity (Wildman–Crippen MR) is 96.1 cm³/mol. The van der Waals surface area contributed by atoms with Gasteiger partial charge in [0.15, 0.2) is 18.1 Å². The largest absolute Gasteiger partial charge is 0.493 e. The van der Waals surface area contributed by atoms with Crippen molar-refractivity contribution in [1.29, 1.82) is 0 Å². The van der Waals surface area contributed by atoms with Crippen LogP contribution in [0, 0.1) is 0 Å². The van der Waals surface area contributed by atoms with E-state index in [4.69, 9.17) is 18.9 Å². The van der Waals surface area contributed by atoms with E-state index in [-0.39, 0.29) is 12.5 Å². The monoisotopic (exact) mass is 359 g/mol. The molecule has 26 heavy (non-hydrogen) atoms. The molecule has 0 saturated carbocycles. The van der Waals surface area contributed by atoms with Crippen molar-refractivity contribution in [1.82, 2.24) is 0 Å². The summed E-state index contributed by atoms with van der Waals surface area (Å²) >= 11 is 0. The van der Waals surface area contributed by atoms with Crippen molar-refractivity contribution in [3.63, 3.8) is 0 Å². The number of nitrogens with one attached hydrogen (secondary N) is 1. The molecule has 0 atom stereocenters. The highest BCUT2D eigenvalue weighted by Crippen LogP contribution is 2.36. The van der Waals surface area contributed by atoms with Crippen molar-refractivity contribution in [3.05, 3.63) is 48.0 Å². The van der Waals surface area contributed by atoms with Crippen molar-refractivity contribution in [2.75, 3.05) is 32.8 Å².